The van der Waals surface area contributed by atoms with E-state index in [1.54, 1.807) is 11.4 Å². The lowest BCUT2D eigenvalue weighted by molar-refractivity contribution is 0.365. The summed E-state index contributed by atoms with van der Waals surface area (Å²) in [5, 5.41) is 0. The van der Waals surface area contributed by atoms with Crippen molar-refractivity contribution in [2.24, 2.45) is 5.73 Å². The number of hydrogen-bond acceptors (Lipinski definition) is 3. The normalized spacial score (nSPS) is 16.9. The molecule has 0 unspecified atom stereocenters. The zero-order valence-electron chi connectivity index (χ0n) is 12.0. The van der Waals surface area contributed by atoms with Crippen LogP contribution in [0.3, 0.4) is 0 Å². The number of nitrogens with two attached hydrogens (primary N) is 1. The predicted molar refractivity (Wildman–Crippen MR) is 80.6 cm³/mol. The summed E-state index contributed by atoms with van der Waals surface area (Å²) in [6, 6.07) is 8.19. The Morgan fingerprint density at radius 1 is 1.20 bits per heavy atom. The van der Waals surface area contributed by atoms with Crippen LogP contribution in [0, 0.1) is 0 Å². The molecule has 0 aromatic heterocycles. The van der Waals surface area contributed by atoms with Crippen molar-refractivity contribution in [2.75, 3.05) is 33.2 Å². The molecule has 0 fully saturated rings. The lowest BCUT2D eigenvalue weighted by Gasteiger charge is -2.26. The summed E-state index contributed by atoms with van der Waals surface area (Å²) in [7, 11) is -1.74. The smallest absolute Gasteiger partial charge is 0.281 e. The van der Waals surface area contributed by atoms with Crippen LogP contribution >= 0.6 is 0 Å². The maximum atomic E-state index is 12.5. The van der Waals surface area contributed by atoms with Crippen LogP contribution in [0.1, 0.15) is 17.5 Å². The summed E-state index contributed by atoms with van der Waals surface area (Å²) in [6.45, 7) is 2.08. The fraction of sp³-hybridized carbons (Fsp3) is 0.571. The van der Waals surface area contributed by atoms with Crippen molar-refractivity contribution < 1.29 is 8.42 Å². The van der Waals surface area contributed by atoms with E-state index in [-0.39, 0.29) is 0 Å². The Bertz CT molecular complexity index is 518. The van der Waals surface area contributed by atoms with E-state index in [1.807, 2.05) is 12.1 Å². The van der Waals surface area contributed by atoms with Crippen LogP contribution in [0.2, 0.25) is 0 Å². The molecule has 6 heteroatoms. The van der Waals surface area contributed by atoms with Gasteiger partial charge in [-0.2, -0.15) is 17.0 Å². The maximum Gasteiger partial charge on any atom is 0.281 e. The largest absolute Gasteiger partial charge is 0.330 e. The van der Waals surface area contributed by atoms with Crippen LogP contribution in [0.15, 0.2) is 24.3 Å². The SMILES string of the molecule is CN(CCCN)S(=O)(=O)N1CCc2ccccc2CC1. The van der Waals surface area contributed by atoms with E-state index in [0.717, 1.165) is 12.8 Å². The lowest BCUT2D eigenvalue weighted by atomic mass is 10.0. The standard InChI is InChI=1S/C14H23N3O2S/c1-16(10-4-9-15)20(18,19)17-11-7-13-5-2-3-6-14(13)8-12-17/h2-3,5-6H,4,7-12,15H2,1H3. The van der Waals surface area contributed by atoms with E-state index in [1.165, 1.54) is 15.4 Å². The number of hydrogen-bond donors (Lipinski definition) is 1. The molecule has 0 atom stereocenters. The first-order valence-corrected chi connectivity index (χ1v) is 8.43. The average molecular weight is 297 g/mol. The maximum absolute atomic E-state index is 12.5. The molecule has 2 rings (SSSR count). The Labute approximate surface area is 121 Å². The van der Waals surface area contributed by atoms with Crippen LogP contribution in [0.4, 0.5) is 0 Å². The second-order valence-electron chi connectivity index (χ2n) is 5.14. The van der Waals surface area contributed by atoms with Crippen LogP contribution in [0.5, 0.6) is 0 Å². The molecule has 20 heavy (non-hydrogen) atoms. The van der Waals surface area contributed by atoms with Gasteiger partial charge in [0.15, 0.2) is 0 Å². The Morgan fingerprint density at radius 2 is 1.75 bits per heavy atom. The highest BCUT2D eigenvalue weighted by Crippen LogP contribution is 2.18. The van der Waals surface area contributed by atoms with Crippen molar-refractivity contribution in [2.45, 2.75) is 19.3 Å². The molecule has 112 valence electrons. The molecule has 0 aliphatic carbocycles. The number of nitrogens with zero attached hydrogens (tertiary/aromatic N) is 2. The number of fused-ring (bicyclic) bond motifs is 1. The molecule has 1 aromatic carbocycles. The average Bonchev–Trinajstić information content (AvgIpc) is 2.67. The van der Waals surface area contributed by atoms with Gasteiger partial charge in [0.2, 0.25) is 0 Å². The first kappa shape index (κ1) is 15.4. The van der Waals surface area contributed by atoms with E-state index < -0.39 is 10.2 Å². The van der Waals surface area contributed by atoms with E-state index in [2.05, 4.69) is 12.1 Å². The van der Waals surface area contributed by atoms with Crippen molar-refractivity contribution in [1.29, 1.82) is 0 Å². The molecule has 5 nitrogen and oxygen atoms in total. The minimum atomic E-state index is -3.36. The van der Waals surface area contributed by atoms with E-state index in [9.17, 15) is 8.42 Å². The summed E-state index contributed by atoms with van der Waals surface area (Å²) in [5.74, 6) is 0. The molecular weight excluding hydrogens is 274 g/mol. The quantitative estimate of drug-likeness (QED) is 0.866. The molecule has 0 bridgehead atoms. The highest BCUT2D eigenvalue weighted by Gasteiger charge is 2.27. The molecule has 1 heterocycles. The Balaban J connectivity index is 2.08. The van der Waals surface area contributed by atoms with Gasteiger partial charge >= 0.3 is 0 Å². The zero-order chi connectivity index (χ0) is 14.6. The van der Waals surface area contributed by atoms with Gasteiger partial charge in [-0.3, -0.25) is 0 Å². The van der Waals surface area contributed by atoms with Gasteiger partial charge < -0.3 is 5.73 Å². The molecule has 0 saturated carbocycles. The second kappa shape index (κ2) is 6.67. The third-order valence-corrected chi connectivity index (χ3v) is 5.76. The molecule has 1 aliphatic heterocycles. The Morgan fingerprint density at radius 3 is 2.25 bits per heavy atom. The van der Waals surface area contributed by atoms with Crippen LogP contribution in [0.25, 0.3) is 0 Å². The summed E-state index contributed by atoms with van der Waals surface area (Å²) >= 11 is 0. The van der Waals surface area contributed by atoms with Gasteiger partial charge in [-0.05, 0) is 36.9 Å². The van der Waals surface area contributed by atoms with E-state index >= 15 is 0 Å². The summed E-state index contributed by atoms with van der Waals surface area (Å²) in [5.41, 5.74) is 7.96. The lowest BCUT2D eigenvalue weighted by Crippen LogP contribution is -2.43. The fourth-order valence-electron chi connectivity index (χ4n) is 2.50. The zero-order valence-corrected chi connectivity index (χ0v) is 12.8. The summed E-state index contributed by atoms with van der Waals surface area (Å²) < 4.78 is 28.0. The molecule has 1 aliphatic rings. The fourth-order valence-corrected chi connectivity index (χ4v) is 3.90. The molecule has 0 saturated heterocycles. The van der Waals surface area contributed by atoms with Gasteiger partial charge in [-0.1, -0.05) is 24.3 Å². The van der Waals surface area contributed by atoms with Crippen molar-refractivity contribution >= 4 is 10.2 Å². The van der Waals surface area contributed by atoms with Gasteiger partial charge in [0, 0.05) is 26.7 Å². The topological polar surface area (TPSA) is 66.6 Å². The summed E-state index contributed by atoms with van der Waals surface area (Å²) in [6.07, 6.45) is 2.24. The van der Waals surface area contributed by atoms with Crippen LogP contribution in [-0.2, 0) is 23.1 Å². The monoisotopic (exact) mass is 297 g/mol. The van der Waals surface area contributed by atoms with Gasteiger partial charge in [-0.15, -0.1) is 0 Å². The number of benzene rings is 1. The molecular formula is C14H23N3O2S. The van der Waals surface area contributed by atoms with Gasteiger partial charge in [-0.25, -0.2) is 0 Å². The number of rotatable bonds is 5. The minimum Gasteiger partial charge on any atom is -0.330 e. The highest BCUT2D eigenvalue weighted by molar-refractivity contribution is 7.86. The van der Waals surface area contributed by atoms with Crippen LogP contribution < -0.4 is 5.73 Å². The Kier molecular flexibility index (Phi) is 5.15. The first-order valence-electron chi connectivity index (χ1n) is 7.04. The van der Waals surface area contributed by atoms with Crippen molar-refractivity contribution in [1.82, 2.24) is 8.61 Å². The van der Waals surface area contributed by atoms with Crippen molar-refractivity contribution in [3.63, 3.8) is 0 Å². The van der Waals surface area contributed by atoms with Crippen LogP contribution in [-0.4, -0.2) is 50.3 Å². The molecule has 1 aromatic rings. The molecule has 2 N–H and O–H groups in total. The van der Waals surface area contributed by atoms with Crippen molar-refractivity contribution in [3.8, 4) is 0 Å². The molecule has 0 radical (unpaired) electrons. The molecule has 0 amide bonds. The summed E-state index contributed by atoms with van der Waals surface area (Å²) in [4.78, 5) is 0. The minimum absolute atomic E-state index is 0.474. The first-order chi connectivity index (χ1) is 9.55. The second-order valence-corrected chi connectivity index (χ2v) is 7.17. The third kappa shape index (κ3) is 3.38. The van der Waals surface area contributed by atoms with E-state index in [0.29, 0.717) is 32.6 Å². The molecule has 0 spiro atoms. The predicted octanol–water partition coefficient (Wildman–Crippen LogP) is 0.613. The van der Waals surface area contributed by atoms with Gasteiger partial charge in [0.25, 0.3) is 10.2 Å². The van der Waals surface area contributed by atoms with Gasteiger partial charge in [0.05, 0.1) is 0 Å². The van der Waals surface area contributed by atoms with Gasteiger partial charge in [0.1, 0.15) is 0 Å². The van der Waals surface area contributed by atoms with E-state index in [4.69, 9.17) is 5.73 Å². The third-order valence-electron chi connectivity index (χ3n) is 3.78. The Hall–Kier alpha value is -0.950. The van der Waals surface area contributed by atoms with Crippen molar-refractivity contribution in [3.05, 3.63) is 35.4 Å². The highest BCUT2D eigenvalue weighted by atomic mass is 32.2.